The van der Waals surface area contributed by atoms with Gasteiger partial charge in [-0.05, 0) is 49.2 Å². The molecular weight excluding hydrogens is 332 g/mol. The van der Waals surface area contributed by atoms with Gasteiger partial charge in [-0.3, -0.25) is 9.59 Å². The van der Waals surface area contributed by atoms with Crippen LogP contribution in [-0.2, 0) is 4.79 Å². The van der Waals surface area contributed by atoms with Crippen molar-refractivity contribution in [2.75, 3.05) is 24.8 Å². The number of hydrogen-bond acceptors (Lipinski definition) is 4. The number of benzene rings is 2. The third-order valence-electron chi connectivity index (χ3n) is 4.50. The molecule has 136 valence electrons. The molecule has 0 unspecified atom stereocenters. The van der Waals surface area contributed by atoms with Gasteiger partial charge in [-0.2, -0.15) is 0 Å². The highest BCUT2D eigenvalue weighted by atomic mass is 16.7. The van der Waals surface area contributed by atoms with E-state index in [0.717, 1.165) is 16.8 Å². The number of nitrogens with zero attached hydrogens (tertiary/aromatic N) is 1. The molecule has 0 atom stereocenters. The number of carbonyl (C=O) groups is 2. The molecule has 0 saturated carbocycles. The highest BCUT2D eigenvalue weighted by Gasteiger charge is 2.17. The van der Waals surface area contributed by atoms with E-state index in [2.05, 4.69) is 5.32 Å². The summed E-state index contributed by atoms with van der Waals surface area (Å²) >= 11 is 0. The fraction of sp³-hybridized carbons (Fsp3) is 0.300. The molecule has 6 nitrogen and oxygen atoms in total. The molecule has 0 fully saturated rings. The molecule has 0 saturated heterocycles. The zero-order valence-corrected chi connectivity index (χ0v) is 15.2. The normalized spacial score (nSPS) is 12.0. The number of ether oxygens (including phenoxy) is 2. The average molecular weight is 354 g/mol. The summed E-state index contributed by atoms with van der Waals surface area (Å²) in [5.41, 5.74) is 3.55. The molecule has 0 radical (unpaired) electrons. The van der Waals surface area contributed by atoms with E-state index in [1.54, 1.807) is 23.1 Å². The number of hydrogen-bond donors (Lipinski definition) is 1. The van der Waals surface area contributed by atoms with E-state index in [-0.39, 0.29) is 18.6 Å². The van der Waals surface area contributed by atoms with Crippen molar-refractivity contribution >= 4 is 17.5 Å². The summed E-state index contributed by atoms with van der Waals surface area (Å²) < 4.78 is 10.5. The van der Waals surface area contributed by atoms with Gasteiger partial charge >= 0.3 is 0 Å². The smallest absolute Gasteiger partial charge is 0.251 e. The lowest BCUT2D eigenvalue weighted by molar-refractivity contribution is -0.116. The summed E-state index contributed by atoms with van der Waals surface area (Å²) in [6, 6.07) is 10.9. The maximum absolute atomic E-state index is 12.3. The third kappa shape index (κ3) is 3.64. The number of aryl methyl sites for hydroxylation is 1. The summed E-state index contributed by atoms with van der Waals surface area (Å²) in [6.07, 6.45) is 0. The predicted octanol–water partition coefficient (Wildman–Crippen LogP) is 2.82. The number of amides is 2. The van der Waals surface area contributed by atoms with Crippen molar-refractivity contribution in [3.05, 3.63) is 53.1 Å². The largest absolute Gasteiger partial charge is 0.454 e. The van der Waals surface area contributed by atoms with Gasteiger partial charge in [0, 0.05) is 31.3 Å². The van der Waals surface area contributed by atoms with Gasteiger partial charge in [-0.15, -0.1) is 0 Å². The van der Waals surface area contributed by atoms with Crippen molar-refractivity contribution in [2.45, 2.75) is 20.8 Å². The van der Waals surface area contributed by atoms with Gasteiger partial charge in [0.15, 0.2) is 11.5 Å². The van der Waals surface area contributed by atoms with E-state index in [1.807, 2.05) is 32.0 Å². The van der Waals surface area contributed by atoms with Crippen LogP contribution in [0.1, 0.15) is 28.4 Å². The van der Waals surface area contributed by atoms with E-state index in [4.69, 9.17) is 9.47 Å². The van der Waals surface area contributed by atoms with Crippen LogP contribution >= 0.6 is 0 Å². The highest BCUT2D eigenvalue weighted by Crippen LogP contribution is 2.32. The second kappa shape index (κ2) is 7.47. The standard InChI is InChI=1S/C20H22N2O4/c1-13-5-4-6-17(14(13)2)22(15(3)23)10-9-21-20(24)16-7-8-18-19(11-16)26-12-25-18/h4-8,11H,9-10,12H2,1-3H3,(H,21,24). The van der Waals surface area contributed by atoms with E-state index in [1.165, 1.54) is 6.92 Å². The first-order valence-electron chi connectivity index (χ1n) is 8.49. The fourth-order valence-electron chi connectivity index (χ4n) is 2.90. The first-order chi connectivity index (χ1) is 12.5. The number of carbonyl (C=O) groups excluding carboxylic acids is 2. The minimum atomic E-state index is -0.215. The molecule has 1 aliphatic rings. The maximum atomic E-state index is 12.3. The van der Waals surface area contributed by atoms with Crippen LogP contribution in [0.5, 0.6) is 11.5 Å². The molecule has 2 aromatic carbocycles. The lowest BCUT2D eigenvalue weighted by Gasteiger charge is -2.24. The van der Waals surface area contributed by atoms with Crippen molar-refractivity contribution in [1.82, 2.24) is 5.32 Å². The van der Waals surface area contributed by atoms with Crippen LogP contribution in [0.3, 0.4) is 0 Å². The Balaban J connectivity index is 1.64. The van der Waals surface area contributed by atoms with E-state index in [9.17, 15) is 9.59 Å². The molecule has 2 amide bonds. The van der Waals surface area contributed by atoms with Crippen LogP contribution in [0.2, 0.25) is 0 Å². The summed E-state index contributed by atoms with van der Waals surface area (Å²) in [5.74, 6) is 0.932. The minimum absolute atomic E-state index is 0.0592. The molecule has 0 bridgehead atoms. The van der Waals surface area contributed by atoms with Gasteiger partial charge < -0.3 is 19.7 Å². The number of anilines is 1. The van der Waals surface area contributed by atoms with Gasteiger partial charge in [0.25, 0.3) is 5.91 Å². The third-order valence-corrected chi connectivity index (χ3v) is 4.50. The van der Waals surface area contributed by atoms with Gasteiger partial charge in [-0.1, -0.05) is 12.1 Å². The Hall–Kier alpha value is -3.02. The molecule has 1 aliphatic heterocycles. The molecule has 0 aliphatic carbocycles. The number of fused-ring (bicyclic) bond motifs is 1. The van der Waals surface area contributed by atoms with E-state index < -0.39 is 0 Å². The molecule has 0 aromatic heterocycles. The molecule has 6 heteroatoms. The zero-order valence-electron chi connectivity index (χ0n) is 15.2. The van der Waals surface area contributed by atoms with Crippen LogP contribution in [0.15, 0.2) is 36.4 Å². The first-order valence-corrected chi connectivity index (χ1v) is 8.49. The Morgan fingerprint density at radius 2 is 1.88 bits per heavy atom. The summed E-state index contributed by atoms with van der Waals surface area (Å²) in [4.78, 5) is 26.1. The van der Waals surface area contributed by atoms with Crippen molar-refractivity contribution in [3.8, 4) is 11.5 Å². The molecule has 1 heterocycles. The lowest BCUT2D eigenvalue weighted by Crippen LogP contribution is -2.38. The average Bonchev–Trinajstić information content (AvgIpc) is 3.09. The van der Waals surface area contributed by atoms with Gasteiger partial charge in [0.05, 0.1) is 0 Å². The Kier molecular flexibility index (Phi) is 5.11. The molecule has 3 rings (SSSR count). The van der Waals surface area contributed by atoms with Crippen LogP contribution < -0.4 is 19.7 Å². The van der Waals surface area contributed by atoms with Gasteiger partial charge in [-0.25, -0.2) is 0 Å². The quantitative estimate of drug-likeness (QED) is 0.897. The SMILES string of the molecule is CC(=O)N(CCNC(=O)c1ccc2c(c1)OCO2)c1cccc(C)c1C. The Labute approximate surface area is 152 Å². The monoisotopic (exact) mass is 354 g/mol. The van der Waals surface area contributed by atoms with Crippen molar-refractivity contribution in [1.29, 1.82) is 0 Å². The number of nitrogens with one attached hydrogen (secondary N) is 1. The lowest BCUT2D eigenvalue weighted by atomic mass is 10.1. The summed E-state index contributed by atoms with van der Waals surface area (Å²) in [7, 11) is 0. The first kappa shape index (κ1) is 17.8. The molecular formula is C20H22N2O4. The van der Waals surface area contributed by atoms with Crippen LogP contribution in [0.25, 0.3) is 0 Å². The molecule has 2 aromatic rings. The van der Waals surface area contributed by atoms with Gasteiger partial charge in [0.1, 0.15) is 0 Å². The summed E-state index contributed by atoms with van der Waals surface area (Å²) in [5, 5.41) is 2.85. The Morgan fingerprint density at radius 1 is 1.12 bits per heavy atom. The topological polar surface area (TPSA) is 67.9 Å². The zero-order chi connectivity index (χ0) is 18.7. The molecule has 0 spiro atoms. The van der Waals surface area contributed by atoms with Crippen molar-refractivity contribution < 1.29 is 19.1 Å². The van der Waals surface area contributed by atoms with Crippen LogP contribution in [0.4, 0.5) is 5.69 Å². The predicted molar refractivity (Wildman–Crippen MR) is 98.8 cm³/mol. The van der Waals surface area contributed by atoms with Crippen molar-refractivity contribution in [2.24, 2.45) is 0 Å². The molecule has 26 heavy (non-hydrogen) atoms. The number of rotatable bonds is 5. The van der Waals surface area contributed by atoms with Crippen molar-refractivity contribution in [3.63, 3.8) is 0 Å². The second-order valence-corrected chi connectivity index (χ2v) is 6.21. The highest BCUT2D eigenvalue weighted by molar-refractivity contribution is 5.95. The van der Waals surface area contributed by atoms with E-state index in [0.29, 0.717) is 30.2 Å². The Morgan fingerprint density at radius 3 is 2.65 bits per heavy atom. The van der Waals surface area contributed by atoms with E-state index >= 15 is 0 Å². The maximum Gasteiger partial charge on any atom is 0.251 e. The molecule has 1 N–H and O–H groups in total. The minimum Gasteiger partial charge on any atom is -0.454 e. The van der Waals surface area contributed by atoms with Crippen LogP contribution in [-0.4, -0.2) is 31.7 Å². The fourth-order valence-corrected chi connectivity index (χ4v) is 2.90. The summed E-state index contributed by atoms with van der Waals surface area (Å²) in [6.45, 7) is 6.45. The van der Waals surface area contributed by atoms with Gasteiger partial charge in [0.2, 0.25) is 12.7 Å². The Bertz CT molecular complexity index is 848. The second-order valence-electron chi connectivity index (χ2n) is 6.21. The van der Waals surface area contributed by atoms with Crippen LogP contribution in [0, 0.1) is 13.8 Å².